The molecule has 2 heterocycles. The number of nitrogens with one attached hydrogen (secondary N) is 1. The standard InChI is InChI=1S/C11H21N3O3S/c1-18(16,17)14(10-8-12-9-10)7-3-6-13-5-2-4-11(13)15/h10,12H,2-9H2,1H3. The fraction of sp³-hybridized carbons (Fsp3) is 0.909. The van der Waals surface area contributed by atoms with Gasteiger partial charge in [0.2, 0.25) is 15.9 Å². The fourth-order valence-electron chi connectivity index (χ4n) is 2.45. The smallest absolute Gasteiger partial charge is 0.222 e. The Labute approximate surface area is 108 Å². The number of sulfonamides is 1. The molecule has 0 aromatic rings. The quantitative estimate of drug-likeness (QED) is 0.691. The van der Waals surface area contributed by atoms with E-state index in [1.807, 2.05) is 4.90 Å². The van der Waals surface area contributed by atoms with Crippen LogP contribution in [-0.4, -0.2) is 68.6 Å². The average Bonchev–Trinajstić information content (AvgIpc) is 2.58. The van der Waals surface area contributed by atoms with Crippen LogP contribution in [0.3, 0.4) is 0 Å². The third-order valence-corrected chi connectivity index (χ3v) is 4.90. The highest BCUT2D eigenvalue weighted by molar-refractivity contribution is 7.88. The number of likely N-dealkylation sites (tertiary alicyclic amines) is 1. The molecular weight excluding hydrogens is 254 g/mol. The Balaban J connectivity index is 1.80. The second-order valence-corrected chi connectivity index (χ2v) is 6.96. The number of hydrogen-bond acceptors (Lipinski definition) is 4. The first-order valence-electron chi connectivity index (χ1n) is 6.44. The molecule has 7 heteroatoms. The molecule has 0 aromatic carbocycles. The summed E-state index contributed by atoms with van der Waals surface area (Å²) in [5, 5.41) is 3.08. The Morgan fingerprint density at radius 3 is 2.61 bits per heavy atom. The molecule has 1 N–H and O–H groups in total. The molecule has 6 nitrogen and oxygen atoms in total. The van der Waals surface area contributed by atoms with Gasteiger partial charge in [-0.15, -0.1) is 0 Å². The third kappa shape index (κ3) is 3.21. The van der Waals surface area contributed by atoms with Crippen LogP contribution in [0.25, 0.3) is 0 Å². The van der Waals surface area contributed by atoms with E-state index in [0.29, 0.717) is 19.5 Å². The number of rotatable bonds is 6. The zero-order chi connectivity index (χ0) is 13.2. The number of carbonyl (C=O) groups excluding carboxylic acids is 1. The van der Waals surface area contributed by atoms with Crippen molar-refractivity contribution < 1.29 is 13.2 Å². The Morgan fingerprint density at radius 2 is 2.17 bits per heavy atom. The molecule has 0 saturated carbocycles. The molecule has 2 rings (SSSR count). The maximum absolute atomic E-state index is 11.7. The van der Waals surface area contributed by atoms with Gasteiger partial charge >= 0.3 is 0 Å². The number of nitrogens with zero attached hydrogens (tertiary/aromatic N) is 2. The monoisotopic (exact) mass is 275 g/mol. The van der Waals surface area contributed by atoms with Crippen LogP contribution in [0.5, 0.6) is 0 Å². The van der Waals surface area contributed by atoms with Gasteiger partial charge in [0.25, 0.3) is 0 Å². The van der Waals surface area contributed by atoms with Crippen molar-refractivity contribution in [1.82, 2.24) is 14.5 Å². The Morgan fingerprint density at radius 1 is 1.44 bits per heavy atom. The van der Waals surface area contributed by atoms with Gasteiger partial charge in [0.05, 0.1) is 6.26 Å². The Hall–Kier alpha value is -0.660. The van der Waals surface area contributed by atoms with Crippen LogP contribution in [0.2, 0.25) is 0 Å². The molecule has 0 radical (unpaired) electrons. The van der Waals surface area contributed by atoms with Gasteiger partial charge in [-0.25, -0.2) is 8.42 Å². The van der Waals surface area contributed by atoms with Crippen molar-refractivity contribution in [1.29, 1.82) is 0 Å². The van der Waals surface area contributed by atoms with E-state index < -0.39 is 10.0 Å². The number of carbonyl (C=O) groups is 1. The molecule has 104 valence electrons. The average molecular weight is 275 g/mol. The summed E-state index contributed by atoms with van der Waals surface area (Å²) in [7, 11) is -3.14. The van der Waals surface area contributed by atoms with Gasteiger partial charge in [0.1, 0.15) is 0 Å². The predicted molar refractivity (Wildman–Crippen MR) is 68.6 cm³/mol. The van der Waals surface area contributed by atoms with Crippen LogP contribution in [0.4, 0.5) is 0 Å². The maximum atomic E-state index is 11.7. The summed E-state index contributed by atoms with van der Waals surface area (Å²) in [6, 6.07) is 0.0919. The van der Waals surface area contributed by atoms with Crippen LogP contribution in [0.15, 0.2) is 0 Å². The second kappa shape index (κ2) is 5.54. The normalized spacial score (nSPS) is 21.7. The van der Waals surface area contributed by atoms with Crippen molar-refractivity contribution in [2.75, 3.05) is 39.0 Å². The van der Waals surface area contributed by atoms with E-state index in [1.54, 1.807) is 4.31 Å². The molecular formula is C11H21N3O3S. The SMILES string of the molecule is CS(=O)(=O)N(CCCN1CCCC1=O)C1CNC1. The lowest BCUT2D eigenvalue weighted by atomic mass is 10.2. The highest BCUT2D eigenvalue weighted by Gasteiger charge is 2.31. The minimum atomic E-state index is -3.14. The summed E-state index contributed by atoms with van der Waals surface area (Å²) in [4.78, 5) is 13.3. The fourth-order valence-corrected chi connectivity index (χ4v) is 3.61. The maximum Gasteiger partial charge on any atom is 0.222 e. The van der Waals surface area contributed by atoms with Gasteiger partial charge in [0, 0.05) is 45.2 Å². The predicted octanol–water partition coefficient (Wildman–Crippen LogP) is -0.768. The lowest BCUT2D eigenvalue weighted by Crippen LogP contribution is -2.58. The minimum Gasteiger partial charge on any atom is -0.343 e. The molecule has 0 atom stereocenters. The minimum absolute atomic E-state index is 0.0919. The molecule has 2 fully saturated rings. The van der Waals surface area contributed by atoms with Gasteiger partial charge in [0.15, 0.2) is 0 Å². The molecule has 0 aromatic heterocycles. The lowest BCUT2D eigenvalue weighted by molar-refractivity contribution is -0.127. The molecule has 0 unspecified atom stereocenters. The highest BCUT2D eigenvalue weighted by atomic mass is 32.2. The van der Waals surface area contributed by atoms with Crippen molar-refractivity contribution in [2.24, 2.45) is 0 Å². The van der Waals surface area contributed by atoms with Gasteiger partial charge in [-0.2, -0.15) is 4.31 Å². The molecule has 2 aliphatic rings. The van der Waals surface area contributed by atoms with Gasteiger partial charge in [-0.05, 0) is 12.8 Å². The van der Waals surface area contributed by atoms with E-state index in [4.69, 9.17) is 0 Å². The lowest BCUT2D eigenvalue weighted by Gasteiger charge is -2.36. The van der Waals surface area contributed by atoms with Crippen LogP contribution >= 0.6 is 0 Å². The van der Waals surface area contributed by atoms with Crippen molar-refractivity contribution in [2.45, 2.75) is 25.3 Å². The summed E-state index contributed by atoms with van der Waals surface area (Å²) < 4.78 is 24.9. The van der Waals surface area contributed by atoms with Crippen molar-refractivity contribution in [3.63, 3.8) is 0 Å². The number of hydrogen-bond donors (Lipinski definition) is 1. The molecule has 1 amide bonds. The Bertz CT molecular complexity index is 406. The van der Waals surface area contributed by atoms with Crippen LogP contribution in [0.1, 0.15) is 19.3 Å². The summed E-state index contributed by atoms with van der Waals surface area (Å²) in [5.41, 5.74) is 0. The summed E-state index contributed by atoms with van der Waals surface area (Å²) in [6.45, 7) is 3.47. The topological polar surface area (TPSA) is 69.7 Å². The number of amides is 1. The first-order valence-corrected chi connectivity index (χ1v) is 8.28. The first-order chi connectivity index (χ1) is 8.48. The van der Waals surface area contributed by atoms with Gasteiger partial charge in [-0.3, -0.25) is 4.79 Å². The largest absolute Gasteiger partial charge is 0.343 e. The van der Waals surface area contributed by atoms with Gasteiger partial charge < -0.3 is 10.2 Å². The van der Waals surface area contributed by atoms with Crippen LogP contribution < -0.4 is 5.32 Å². The summed E-state index contributed by atoms with van der Waals surface area (Å²) in [6.07, 6.45) is 3.55. The molecule has 0 bridgehead atoms. The van der Waals surface area contributed by atoms with Crippen molar-refractivity contribution in [3.8, 4) is 0 Å². The molecule has 0 aliphatic carbocycles. The second-order valence-electron chi connectivity index (χ2n) is 5.02. The molecule has 0 spiro atoms. The molecule has 2 aliphatic heterocycles. The Kier molecular flexibility index (Phi) is 4.24. The highest BCUT2D eigenvalue weighted by Crippen LogP contribution is 2.13. The van der Waals surface area contributed by atoms with Gasteiger partial charge in [-0.1, -0.05) is 0 Å². The van der Waals surface area contributed by atoms with E-state index in [0.717, 1.165) is 32.5 Å². The zero-order valence-electron chi connectivity index (χ0n) is 10.8. The van der Waals surface area contributed by atoms with E-state index in [9.17, 15) is 13.2 Å². The van der Waals surface area contributed by atoms with E-state index in [-0.39, 0.29) is 11.9 Å². The van der Waals surface area contributed by atoms with Crippen molar-refractivity contribution in [3.05, 3.63) is 0 Å². The summed E-state index contributed by atoms with van der Waals surface area (Å²) >= 11 is 0. The molecule has 2 saturated heterocycles. The third-order valence-electron chi connectivity index (χ3n) is 3.57. The van der Waals surface area contributed by atoms with Crippen LogP contribution in [-0.2, 0) is 14.8 Å². The molecule has 18 heavy (non-hydrogen) atoms. The summed E-state index contributed by atoms with van der Waals surface area (Å²) in [5.74, 6) is 0.200. The van der Waals surface area contributed by atoms with E-state index in [1.165, 1.54) is 6.26 Å². The van der Waals surface area contributed by atoms with Crippen molar-refractivity contribution >= 4 is 15.9 Å². The van der Waals surface area contributed by atoms with E-state index in [2.05, 4.69) is 5.32 Å². The first kappa shape index (κ1) is 13.8. The van der Waals surface area contributed by atoms with Crippen LogP contribution in [0, 0.1) is 0 Å². The van der Waals surface area contributed by atoms with E-state index >= 15 is 0 Å². The zero-order valence-corrected chi connectivity index (χ0v) is 11.6.